The van der Waals surface area contributed by atoms with Crippen molar-refractivity contribution in [1.82, 2.24) is 4.90 Å². The van der Waals surface area contributed by atoms with Crippen LogP contribution in [0.1, 0.15) is 45.4 Å². The molecule has 0 N–H and O–H groups in total. The Labute approximate surface area is 121 Å². The van der Waals surface area contributed by atoms with Crippen molar-refractivity contribution in [1.29, 1.82) is 0 Å². The summed E-state index contributed by atoms with van der Waals surface area (Å²) in [5.74, 6) is 0.921. The Hall–Kier alpha value is -1.22. The van der Waals surface area contributed by atoms with Gasteiger partial charge in [0.2, 0.25) is 0 Å². The lowest BCUT2D eigenvalue weighted by atomic mass is 10.0. The predicted molar refractivity (Wildman–Crippen MR) is 81.6 cm³/mol. The molecule has 3 nitrogen and oxygen atoms in total. The summed E-state index contributed by atoms with van der Waals surface area (Å²) in [6, 6.07) is 6.74. The van der Waals surface area contributed by atoms with Crippen molar-refractivity contribution >= 4 is 11.2 Å². The third kappa shape index (κ3) is 3.26. The average Bonchev–Trinajstić information content (AvgIpc) is 3.03. The van der Waals surface area contributed by atoms with E-state index in [1.165, 1.54) is 45.1 Å². The molecule has 1 aliphatic heterocycles. The minimum Gasteiger partial charge on any atom is -0.486 e. The van der Waals surface area contributed by atoms with Gasteiger partial charge in [0.15, 0.2) is 11.3 Å². The highest BCUT2D eigenvalue weighted by atomic mass is 16.5. The lowest BCUT2D eigenvalue weighted by Gasteiger charge is -2.31. The van der Waals surface area contributed by atoms with Crippen LogP contribution in [0.25, 0.3) is 11.2 Å². The summed E-state index contributed by atoms with van der Waals surface area (Å²) in [5, 5.41) is 0. The molecule has 2 aromatic rings. The molecule has 20 heavy (non-hydrogen) atoms. The number of ether oxygens (including phenoxy) is 1. The van der Waals surface area contributed by atoms with Crippen LogP contribution in [0.4, 0.5) is 0 Å². The van der Waals surface area contributed by atoms with Crippen molar-refractivity contribution in [2.24, 2.45) is 0 Å². The maximum atomic E-state index is 5.58. The molecular weight excluding hydrogens is 250 g/mol. The molecule has 110 valence electrons. The zero-order valence-electron chi connectivity index (χ0n) is 12.6. The van der Waals surface area contributed by atoms with Gasteiger partial charge in [-0.05, 0) is 57.8 Å². The van der Waals surface area contributed by atoms with Gasteiger partial charge in [-0.2, -0.15) is 0 Å². The van der Waals surface area contributed by atoms with Crippen molar-refractivity contribution in [3.63, 3.8) is 0 Å². The Morgan fingerprint density at radius 3 is 2.60 bits per heavy atom. The SMILES string of the molecule is CCC1CCCCN1C.c1cc2oc1cc2OC1CC1. The van der Waals surface area contributed by atoms with E-state index in [9.17, 15) is 0 Å². The topological polar surface area (TPSA) is 25.6 Å². The highest BCUT2D eigenvalue weighted by Gasteiger charge is 2.25. The first-order valence-electron chi connectivity index (χ1n) is 7.95. The van der Waals surface area contributed by atoms with Gasteiger partial charge >= 0.3 is 0 Å². The zero-order valence-corrected chi connectivity index (χ0v) is 12.6. The van der Waals surface area contributed by atoms with Gasteiger partial charge in [-0.15, -0.1) is 0 Å². The Morgan fingerprint density at radius 2 is 2.10 bits per heavy atom. The number of benzene rings is 1. The lowest BCUT2D eigenvalue weighted by molar-refractivity contribution is 0.181. The first kappa shape index (κ1) is 13.7. The van der Waals surface area contributed by atoms with Gasteiger partial charge in [0.05, 0.1) is 6.10 Å². The lowest BCUT2D eigenvalue weighted by Crippen LogP contribution is -2.35. The maximum absolute atomic E-state index is 5.58. The fourth-order valence-corrected chi connectivity index (χ4v) is 2.88. The molecule has 1 aliphatic carbocycles. The van der Waals surface area contributed by atoms with Gasteiger partial charge in [-0.3, -0.25) is 0 Å². The number of likely N-dealkylation sites (tertiary alicyclic amines) is 1. The standard InChI is InChI=1S/C9H8O2.C8H17N/c1-2-6(1)10-9-5-7-3-4-8(9)11-7;1-3-8-6-4-5-7-9(8)2/h3-6H,1-2H2;8H,3-7H2,1-2H3. The van der Waals surface area contributed by atoms with E-state index in [0.717, 1.165) is 23.0 Å². The van der Waals surface area contributed by atoms with E-state index in [4.69, 9.17) is 9.15 Å². The van der Waals surface area contributed by atoms with Crippen molar-refractivity contribution in [2.75, 3.05) is 13.6 Å². The van der Waals surface area contributed by atoms with E-state index in [2.05, 4.69) is 18.9 Å². The molecule has 2 aliphatic rings. The van der Waals surface area contributed by atoms with Crippen LogP contribution in [-0.4, -0.2) is 30.6 Å². The molecule has 3 heteroatoms. The molecule has 1 saturated heterocycles. The molecule has 4 rings (SSSR count). The minimum atomic E-state index is 0.464. The number of rotatable bonds is 3. The van der Waals surface area contributed by atoms with Crippen molar-refractivity contribution < 1.29 is 9.15 Å². The van der Waals surface area contributed by atoms with Crippen molar-refractivity contribution in [3.8, 4) is 5.75 Å². The monoisotopic (exact) mass is 275 g/mol. The van der Waals surface area contributed by atoms with E-state index in [1.54, 1.807) is 0 Å². The third-order valence-corrected chi connectivity index (χ3v) is 4.35. The van der Waals surface area contributed by atoms with Crippen LogP contribution in [0, 0.1) is 0 Å². The summed E-state index contributed by atoms with van der Waals surface area (Å²) in [6.45, 7) is 3.60. The average molecular weight is 275 g/mol. The summed E-state index contributed by atoms with van der Waals surface area (Å²) in [7, 11) is 2.24. The Bertz CT molecular complexity index is 517. The molecule has 2 fully saturated rings. The zero-order chi connectivity index (χ0) is 13.9. The summed E-state index contributed by atoms with van der Waals surface area (Å²) in [4.78, 5) is 2.49. The second-order valence-electron chi connectivity index (χ2n) is 6.07. The van der Waals surface area contributed by atoms with Crippen LogP contribution in [-0.2, 0) is 0 Å². The van der Waals surface area contributed by atoms with Crippen molar-refractivity contribution in [2.45, 2.75) is 57.6 Å². The molecule has 0 radical (unpaired) electrons. The molecule has 3 heterocycles. The molecule has 0 spiro atoms. The summed E-state index contributed by atoms with van der Waals surface area (Å²) in [6.07, 6.45) is 8.47. The smallest absolute Gasteiger partial charge is 0.169 e. The highest BCUT2D eigenvalue weighted by molar-refractivity contribution is 5.69. The molecule has 2 aromatic heterocycles. The summed E-state index contributed by atoms with van der Waals surface area (Å²) in [5.41, 5.74) is 1.79. The Kier molecular flexibility index (Phi) is 4.16. The largest absolute Gasteiger partial charge is 0.486 e. The van der Waals surface area contributed by atoms with Gasteiger partial charge in [0.25, 0.3) is 0 Å². The summed E-state index contributed by atoms with van der Waals surface area (Å²) < 4.78 is 10.9. The van der Waals surface area contributed by atoms with Gasteiger partial charge in [0, 0.05) is 12.1 Å². The predicted octanol–water partition coefficient (Wildman–Crippen LogP) is 4.29. The first-order valence-corrected chi connectivity index (χ1v) is 7.95. The number of nitrogens with zero attached hydrogens (tertiary/aromatic N) is 1. The fraction of sp³-hybridized carbons (Fsp3) is 0.647. The minimum absolute atomic E-state index is 0.464. The van der Waals surface area contributed by atoms with E-state index in [-0.39, 0.29) is 0 Å². The van der Waals surface area contributed by atoms with E-state index in [1.807, 2.05) is 18.2 Å². The second-order valence-corrected chi connectivity index (χ2v) is 6.07. The molecule has 2 bridgehead atoms. The van der Waals surface area contributed by atoms with Crippen LogP contribution >= 0.6 is 0 Å². The van der Waals surface area contributed by atoms with E-state index >= 15 is 0 Å². The van der Waals surface area contributed by atoms with Gasteiger partial charge in [-0.1, -0.05) is 13.3 Å². The highest BCUT2D eigenvalue weighted by Crippen LogP contribution is 2.34. The molecule has 1 atom stereocenters. The fourth-order valence-electron chi connectivity index (χ4n) is 2.88. The number of hydrogen-bond acceptors (Lipinski definition) is 3. The normalized spacial score (nSPS) is 23.6. The summed E-state index contributed by atoms with van der Waals surface area (Å²) >= 11 is 0. The first-order chi connectivity index (χ1) is 9.76. The molecular formula is C17H25NO2. The van der Waals surface area contributed by atoms with Gasteiger partial charge < -0.3 is 14.1 Å². The third-order valence-electron chi connectivity index (χ3n) is 4.35. The van der Waals surface area contributed by atoms with Gasteiger partial charge in [0.1, 0.15) is 5.58 Å². The number of piperidine rings is 1. The van der Waals surface area contributed by atoms with E-state index < -0.39 is 0 Å². The van der Waals surface area contributed by atoms with Crippen LogP contribution < -0.4 is 4.74 Å². The maximum Gasteiger partial charge on any atom is 0.169 e. The number of hydrogen-bond donors (Lipinski definition) is 0. The molecule has 1 unspecified atom stereocenters. The quantitative estimate of drug-likeness (QED) is 0.835. The van der Waals surface area contributed by atoms with Crippen LogP contribution in [0.2, 0.25) is 0 Å². The Balaban J connectivity index is 0.000000124. The number of furan rings is 2. The van der Waals surface area contributed by atoms with Gasteiger partial charge in [-0.25, -0.2) is 0 Å². The van der Waals surface area contributed by atoms with E-state index in [0.29, 0.717) is 6.10 Å². The molecule has 0 amide bonds. The molecule has 0 aromatic carbocycles. The van der Waals surface area contributed by atoms with Crippen LogP contribution in [0.5, 0.6) is 5.75 Å². The van der Waals surface area contributed by atoms with Crippen LogP contribution in [0.3, 0.4) is 0 Å². The van der Waals surface area contributed by atoms with Crippen molar-refractivity contribution in [3.05, 3.63) is 18.2 Å². The number of fused-ring (bicyclic) bond motifs is 2. The van der Waals surface area contributed by atoms with Crippen LogP contribution in [0.15, 0.2) is 22.6 Å². The second kappa shape index (κ2) is 6.04. The Morgan fingerprint density at radius 1 is 1.25 bits per heavy atom. The molecule has 1 saturated carbocycles.